The first-order valence-electron chi connectivity index (χ1n) is 5.92. The van der Waals surface area contributed by atoms with E-state index in [0.29, 0.717) is 0 Å². The van der Waals surface area contributed by atoms with Crippen LogP contribution in [0, 0.1) is 13.8 Å². The zero-order chi connectivity index (χ0) is 11.7. The van der Waals surface area contributed by atoms with Crippen molar-refractivity contribution < 1.29 is 0 Å². The molecule has 0 aromatic carbocycles. The third kappa shape index (κ3) is 1.80. The smallest absolute Gasteiger partial charge is 0.0472 e. The van der Waals surface area contributed by atoms with E-state index in [4.69, 9.17) is 0 Å². The van der Waals surface area contributed by atoms with Crippen molar-refractivity contribution >= 4 is 10.8 Å². The maximum Gasteiger partial charge on any atom is 0.0472 e. The van der Waals surface area contributed by atoms with Gasteiger partial charge in [0.2, 0.25) is 0 Å². The van der Waals surface area contributed by atoms with Gasteiger partial charge in [0.1, 0.15) is 0 Å². The minimum absolute atomic E-state index is 0.986. The molecule has 0 unspecified atom stereocenters. The molecule has 0 fully saturated rings. The van der Waals surface area contributed by atoms with Crippen LogP contribution in [0.2, 0.25) is 0 Å². The van der Waals surface area contributed by atoms with E-state index in [1.54, 1.807) is 0 Å². The van der Waals surface area contributed by atoms with Crippen LogP contribution in [0.15, 0.2) is 12.1 Å². The number of aromatic nitrogens is 2. The summed E-state index contributed by atoms with van der Waals surface area (Å²) in [6.07, 6.45) is 1.97. The van der Waals surface area contributed by atoms with Gasteiger partial charge in [-0.3, -0.25) is 9.97 Å². The number of hydrogen-bond donors (Lipinski definition) is 0. The summed E-state index contributed by atoms with van der Waals surface area (Å²) in [7, 11) is 0. The van der Waals surface area contributed by atoms with Gasteiger partial charge in [-0.15, -0.1) is 0 Å². The van der Waals surface area contributed by atoms with E-state index >= 15 is 0 Å². The second-order valence-corrected chi connectivity index (χ2v) is 4.20. The van der Waals surface area contributed by atoms with Crippen LogP contribution in [0.3, 0.4) is 0 Å². The monoisotopic (exact) mass is 214 g/mol. The Balaban J connectivity index is 2.79. The Morgan fingerprint density at radius 3 is 1.69 bits per heavy atom. The lowest BCUT2D eigenvalue weighted by Crippen LogP contribution is -1.98. The summed E-state index contributed by atoms with van der Waals surface area (Å²) in [6, 6.07) is 4.38. The van der Waals surface area contributed by atoms with Gasteiger partial charge in [0.15, 0.2) is 0 Å². The fourth-order valence-electron chi connectivity index (χ4n) is 2.19. The molecule has 0 bridgehead atoms. The normalized spacial score (nSPS) is 11.0. The van der Waals surface area contributed by atoms with Crippen molar-refractivity contribution in [2.24, 2.45) is 0 Å². The number of rotatable bonds is 2. The average Bonchev–Trinajstić information content (AvgIpc) is 2.27. The van der Waals surface area contributed by atoms with Crippen LogP contribution >= 0.6 is 0 Å². The molecular formula is C14H18N2. The standard InChI is InChI=1S/C14H18N2/c1-5-12-7-11-8-13(6-2)16-10(4)14(11)9(3)15-12/h7-8H,5-6H2,1-4H3. The molecular weight excluding hydrogens is 196 g/mol. The molecule has 0 saturated heterocycles. The van der Waals surface area contributed by atoms with Crippen molar-refractivity contribution in [3.05, 3.63) is 34.9 Å². The fourth-order valence-corrected chi connectivity index (χ4v) is 2.19. The minimum Gasteiger partial charge on any atom is -0.257 e. The van der Waals surface area contributed by atoms with Crippen molar-refractivity contribution in [2.75, 3.05) is 0 Å². The number of pyridine rings is 2. The van der Waals surface area contributed by atoms with E-state index < -0.39 is 0 Å². The van der Waals surface area contributed by atoms with Crippen molar-refractivity contribution in [1.29, 1.82) is 0 Å². The van der Waals surface area contributed by atoms with Gasteiger partial charge in [-0.05, 0) is 44.2 Å². The predicted molar refractivity (Wildman–Crippen MR) is 67.8 cm³/mol. The summed E-state index contributed by atoms with van der Waals surface area (Å²) in [4.78, 5) is 9.19. The molecule has 0 saturated carbocycles. The summed E-state index contributed by atoms with van der Waals surface area (Å²) in [6.45, 7) is 8.42. The maximum absolute atomic E-state index is 4.60. The topological polar surface area (TPSA) is 25.8 Å². The largest absolute Gasteiger partial charge is 0.257 e. The van der Waals surface area contributed by atoms with E-state index in [2.05, 4.69) is 49.8 Å². The second kappa shape index (κ2) is 4.20. The van der Waals surface area contributed by atoms with Crippen molar-refractivity contribution in [3.8, 4) is 0 Å². The van der Waals surface area contributed by atoms with Crippen LogP contribution in [0.25, 0.3) is 10.8 Å². The van der Waals surface area contributed by atoms with Crippen LogP contribution in [0.1, 0.15) is 36.6 Å². The molecule has 2 heterocycles. The van der Waals surface area contributed by atoms with E-state index in [9.17, 15) is 0 Å². The molecule has 84 valence electrons. The van der Waals surface area contributed by atoms with Crippen molar-refractivity contribution in [1.82, 2.24) is 9.97 Å². The highest BCUT2D eigenvalue weighted by Gasteiger charge is 2.07. The lowest BCUT2D eigenvalue weighted by atomic mass is 10.1. The van der Waals surface area contributed by atoms with E-state index in [1.165, 1.54) is 10.8 Å². The van der Waals surface area contributed by atoms with Crippen LogP contribution in [-0.2, 0) is 12.8 Å². The van der Waals surface area contributed by atoms with Gasteiger partial charge < -0.3 is 0 Å². The molecule has 0 aliphatic carbocycles. The van der Waals surface area contributed by atoms with Crippen LogP contribution < -0.4 is 0 Å². The lowest BCUT2D eigenvalue weighted by molar-refractivity contribution is 0.995. The van der Waals surface area contributed by atoms with E-state index in [0.717, 1.165) is 35.6 Å². The Morgan fingerprint density at radius 1 is 0.875 bits per heavy atom. The SMILES string of the molecule is CCc1cc2cc(CC)nc(C)c2c(C)n1. The third-order valence-corrected chi connectivity index (χ3v) is 3.00. The first-order valence-corrected chi connectivity index (χ1v) is 5.92. The molecule has 0 N–H and O–H groups in total. The maximum atomic E-state index is 4.60. The zero-order valence-electron chi connectivity index (χ0n) is 10.5. The van der Waals surface area contributed by atoms with Gasteiger partial charge in [0.05, 0.1) is 0 Å². The zero-order valence-corrected chi connectivity index (χ0v) is 10.5. The molecule has 2 nitrogen and oxygen atoms in total. The van der Waals surface area contributed by atoms with Crippen LogP contribution in [-0.4, -0.2) is 9.97 Å². The van der Waals surface area contributed by atoms with Gasteiger partial charge in [-0.25, -0.2) is 0 Å². The first kappa shape index (κ1) is 11.1. The molecule has 2 aromatic rings. The minimum atomic E-state index is 0.986. The highest BCUT2D eigenvalue weighted by atomic mass is 14.7. The van der Waals surface area contributed by atoms with Crippen LogP contribution in [0.5, 0.6) is 0 Å². The third-order valence-electron chi connectivity index (χ3n) is 3.00. The molecule has 0 aliphatic rings. The van der Waals surface area contributed by atoms with Crippen LogP contribution in [0.4, 0.5) is 0 Å². The highest BCUT2D eigenvalue weighted by Crippen LogP contribution is 2.22. The molecule has 16 heavy (non-hydrogen) atoms. The molecule has 0 radical (unpaired) electrons. The fraction of sp³-hybridized carbons (Fsp3) is 0.429. The highest BCUT2D eigenvalue weighted by molar-refractivity contribution is 5.87. The molecule has 2 aromatic heterocycles. The second-order valence-electron chi connectivity index (χ2n) is 4.20. The van der Waals surface area contributed by atoms with Gasteiger partial charge in [-0.1, -0.05) is 13.8 Å². The Morgan fingerprint density at radius 2 is 1.31 bits per heavy atom. The molecule has 0 spiro atoms. The van der Waals surface area contributed by atoms with Gasteiger partial charge >= 0.3 is 0 Å². The molecule has 0 amide bonds. The number of nitrogens with zero attached hydrogens (tertiary/aromatic N) is 2. The van der Waals surface area contributed by atoms with Crippen molar-refractivity contribution in [3.63, 3.8) is 0 Å². The van der Waals surface area contributed by atoms with E-state index in [1.807, 2.05) is 0 Å². The number of aryl methyl sites for hydroxylation is 4. The Bertz CT molecular complexity index is 485. The summed E-state index contributed by atoms with van der Waals surface area (Å²) in [5, 5.41) is 2.50. The molecule has 2 heteroatoms. The van der Waals surface area contributed by atoms with Crippen molar-refractivity contribution in [2.45, 2.75) is 40.5 Å². The Hall–Kier alpha value is -1.44. The summed E-state index contributed by atoms with van der Waals surface area (Å²) >= 11 is 0. The number of hydrogen-bond acceptors (Lipinski definition) is 2. The quantitative estimate of drug-likeness (QED) is 0.766. The van der Waals surface area contributed by atoms with Gasteiger partial charge in [0, 0.05) is 28.2 Å². The van der Waals surface area contributed by atoms with Gasteiger partial charge in [-0.2, -0.15) is 0 Å². The summed E-state index contributed by atoms with van der Waals surface area (Å²) in [5.74, 6) is 0. The van der Waals surface area contributed by atoms with Gasteiger partial charge in [0.25, 0.3) is 0 Å². The Labute approximate surface area is 96.7 Å². The molecule has 0 atom stereocenters. The molecule has 0 aliphatic heterocycles. The first-order chi connectivity index (χ1) is 7.65. The van der Waals surface area contributed by atoms with E-state index in [-0.39, 0.29) is 0 Å². The lowest BCUT2D eigenvalue weighted by Gasteiger charge is -2.09. The molecule has 2 rings (SSSR count). The Kier molecular flexibility index (Phi) is 2.90. The predicted octanol–water partition coefficient (Wildman–Crippen LogP) is 3.37. The summed E-state index contributed by atoms with van der Waals surface area (Å²) < 4.78 is 0. The number of fused-ring (bicyclic) bond motifs is 1. The average molecular weight is 214 g/mol. The summed E-state index contributed by atoms with van der Waals surface area (Å²) in [5.41, 5.74) is 4.53.